The lowest BCUT2D eigenvalue weighted by atomic mass is 9.99. The lowest BCUT2D eigenvalue weighted by Crippen LogP contribution is -2.46. The van der Waals surface area contributed by atoms with Crippen molar-refractivity contribution in [3.8, 4) is 0 Å². The molecule has 1 rings (SSSR count). The Kier molecular flexibility index (Phi) is 6.02. The van der Waals surface area contributed by atoms with Gasteiger partial charge in [-0.15, -0.1) is 0 Å². The second-order valence-corrected chi connectivity index (χ2v) is 5.39. The lowest BCUT2D eigenvalue weighted by Gasteiger charge is -2.20. The van der Waals surface area contributed by atoms with Gasteiger partial charge in [0.2, 0.25) is 5.91 Å². The van der Waals surface area contributed by atoms with E-state index in [1.54, 1.807) is 6.20 Å². The third-order valence-corrected chi connectivity index (χ3v) is 3.62. The van der Waals surface area contributed by atoms with Gasteiger partial charge in [-0.25, -0.2) is 4.98 Å². The lowest BCUT2D eigenvalue weighted by molar-refractivity contribution is -0.123. The van der Waals surface area contributed by atoms with E-state index in [2.05, 4.69) is 21.8 Å². The Labute approximate surface area is 115 Å². The summed E-state index contributed by atoms with van der Waals surface area (Å²) in [5, 5.41) is 2.93. The summed E-state index contributed by atoms with van der Waals surface area (Å²) in [5.74, 6) is 1.50. The number of nitrogens with zero attached hydrogens (tertiary/aromatic N) is 2. The molecular formula is C14H26N4O. The average molecular weight is 266 g/mol. The topological polar surface area (TPSA) is 72.9 Å². The van der Waals surface area contributed by atoms with Crippen molar-refractivity contribution in [1.82, 2.24) is 14.9 Å². The minimum Gasteiger partial charge on any atom is -0.354 e. The monoisotopic (exact) mass is 266 g/mol. The number of amides is 1. The van der Waals surface area contributed by atoms with Gasteiger partial charge in [0.25, 0.3) is 0 Å². The van der Waals surface area contributed by atoms with Crippen LogP contribution in [0.25, 0.3) is 0 Å². The van der Waals surface area contributed by atoms with E-state index in [1.807, 2.05) is 27.0 Å². The van der Waals surface area contributed by atoms with E-state index in [-0.39, 0.29) is 11.8 Å². The van der Waals surface area contributed by atoms with Gasteiger partial charge in [-0.3, -0.25) is 4.79 Å². The Bertz CT molecular complexity index is 402. The summed E-state index contributed by atoms with van der Waals surface area (Å²) in [6.45, 7) is 9.62. The highest BCUT2D eigenvalue weighted by molar-refractivity contribution is 5.81. The van der Waals surface area contributed by atoms with Gasteiger partial charge in [-0.2, -0.15) is 0 Å². The average Bonchev–Trinajstić information content (AvgIpc) is 2.79. The Balaban J connectivity index is 2.36. The maximum atomic E-state index is 11.9. The van der Waals surface area contributed by atoms with E-state index in [1.165, 1.54) is 0 Å². The van der Waals surface area contributed by atoms with Crippen LogP contribution in [0, 0.1) is 18.8 Å². The van der Waals surface area contributed by atoms with Crippen molar-refractivity contribution in [3.63, 3.8) is 0 Å². The summed E-state index contributed by atoms with van der Waals surface area (Å²) >= 11 is 0. The van der Waals surface area contributed by atoms with Crippen molar-refractivity contribution in [1.29, 1.82) is 0 Å². The summed E-state index contributed by atoms with van der Waals surface area (Å²) in [4.78, 5) is 16.0. The molecule has 0 bridgehead atoms. The quantitative estimate of drug-likeness (QED) is 0.781. The van der Waals surface area contributed by atoms with Crippen LogP contribution < -0.4 is 11.1 Å². The molecule has 0 aliphatic rings. The van der Waals surface area contributed by atoms with Gasteiger partial charge in [0.05, 0.1) is 6.04 Å². The standard InChI is InChI=1S/C14H26N4O/c1-5-11(3)13(15)14(19)17-8-10(2)9-18-7-6-16-12(18)4/h6-7,10-11,13H,5,8-9,15H2,1-4H3,(H,17,19). The smallest absolute Gasteiger partial charge is 0.237 e. The summed E-state index contributed by atoms with van der Waals surface area (Å²) in [7, 11) is 0. The number of nitrogens with one attached hydrogen (secondary N) is 1. The first-order valence-electron chi connectivity index (χ1n) is 6.96. The number of nitrogens with two attached hydrogens (primary N) is 1. The maximum absolute atomic E-state index is 11.9. The molecule has 0 saturated carbocycles. The molecule has 0 radical (unpaired) electrons. The van der Waals surface area contributed by atoms with Crippen LogP contribution in [-0.2, 0) is 11.3 Å². The van der Waals surface area contributed by atoms with E-state index in [9.17, 15) is 4.79 Å². The van der Waals surface area contributed by atoms with Crippen LogP contribution in [0.5, 0.6) is 0 Å². The highest BCUT2D eigenvalue weighted by Crippen LogP contribution is 2.06. The summed E-state index contributed by atoms with van der Waals surface area (Å²) in [6, 6.07) is -0.410. The molecule has 5 heteroatoms. The zero-order valence-electron chi connectivity index (χ0n) is 12.4. The predicted molar refractivity (Wildman–Crippen MR) is 76.6 cm³/mol. The first-order valence-corrected chi connectivity index (χ1v) is 6.96. The molecule has 19 heavy (non-hydrogen) atoms. The zero-order valence-corrected chi connectivity index (χ0v) is 12.4. The number of rotatable bonds is 7. The first kappa shape index (κ1) is 15.7. The minimum absolute atomic E-state index is 0.0523. The summed E-state index contributed by atoms with van der Waals surface area (Å²) < 4.78 is 2.09. The van der Waals surface area contributed by atoms with Crippen LogP contribution >= 0.6 is 0 Å². The van der Waals surface area contributed by atoms with Crippen LogP contribution in [0.2, 0.25) is 0 Å². The largest absolute Gasteiger partial charge is 0.354 e. The van der Waals surface area contributed by atoms with Gasteiger partial charge in [0.1, 0.15) is 5.82 Å². The van der Waals surface area contributed by atoms with Crippen molar-refractivity contribution in [2.24, 2.45) is 17.6 Å². The first-order chi connectivity index (χ1) is 8.95. The zero-order chi connectivity index (χ0) is 14.4. The van der Waals surface area contributed by atoms with E-state index < -0.39 is 6.04 Å². The molecule has 3 N–H and O–H groups in total. The van der Waals surface area contributed by atoms with E-state index in [4.69, 9.17) is 5.73 Å². The molecule has 0 spiro atoms. The molecule has 3 unspecified atom stereocenters. The van der Waals surface area contributed by atoms with E-state index in [0.717, 1.165) is 18.8 Å². The molecule has 1 heterocycles. The predicted octanol–water partition coefficient (Wildman–Crippen LogP) is 1.32. The Morgan fingerprint density at radius 2 is 2.21 bits per heavy atom. The molecule has 0 aromatic carbocycles. The van der Waals surface area contributed by atoms with Crippen LogP contribution in [0.1, 0.15) is 33.0 Å². The number of hydrogen-bond acceptors (Lipinski definition) is 3. The SMILES string of the molecule is CCC(C)C(N)C(=O)NCC(C)Cn1ccnc1C. The molecule has 1 amide bonds. The minimum atomic E-state index is -0.410. The molecule has 1 aromatic rings. The van der Waals surface area contributed by atoms with Crippen LogP contribution in [0.3, 0.4) is 0 Å². The van der Waals surface area contributed by atoms with Crippen molar-refractivity contribution >= 4 is 5.91 Å². The molecule has 0 fully saturated rings. The number of aryl methyl sites for hydroxylation is 1. The Morgan fingerprint density at radius 1 is 1.53 bits per heavy atom. The van der Waals surface area contributed by atoms with Gasteiger partial charge in [0.15, 0.2) is 0 Å². The van der Waals surface area contributed by atoms with Gasteiger partial charge >= 0.3 is 0 Å². The highest BCUT2D eigenvalue weighted by atomic mass is 16.2. The van der Waals surface area contributed by atoms with Crippen molar-refractivity contribution in [3.05, 3.63) is 18.2 Å². The molecule has 5 nitrogen and oxygen atoms in total. The van der Waals surface area contributed by atoms with Gasteiger partial charge in [-0.05, 0) is 18.8 Å². The van der Waals surface area contributed by atoms with Gasteiger partial charge in [0, 0.05) is 25.5 Å². The van der Waals surface area contributed by atoms with Crippen molar-refractivity contribution in [2.75, 3.05) is 6.54 Å². The number of carbonyl (C=O) groups is 1. The van der Waals surface area contributed by atoms with Crippen molar-refractivity contribution in [2.45, 2.75) is 46.7 Å². The normalized spacial score (nSPS) is 15.8. The Hall–Kier alpha value is -1.36. The van der Waals surface area contributed by atoms with Crippen LogP contribution in [-0.4, -0.2) is 28.0 Å². The molecule has 0 aliphatic heterocycles. The molecular weight excluding hydrogens is 240 g/mol. The van der Waals surface area contributed by atoms with Gasteiger partial charge in [-0.1, -0.05) is 27.2 Å². The van der Waals surface area contributed by atoms with E-state index >= 15 is 0 Å². The Morgan fingerprint density at radius 3 is 2.74 bits per heavy atom. The number of aromatic nitrogens is 2. The van der Waals surface area contributed by atoms with E-state index in [0.29, 0.717) is 12.5 Å². The molecule has 3 atom stereocenters. The number of hydrogen-bond donors (Lipinski definition) is 2. The van der Waals surface area contributed by atoms with Crippen LogP contribution in [0.4, 0.5) is 0 Å². The fourth-order valence-electron chi connectivity index (χ4n) is 1.90. The summed E-state index contributed by atoms with van der Waals surface area (Å²) in [5.41, 5.74) is 5.89. The third-order valence-electron chi connectivity index (χ3n) is 3.62. The fraction of sp³-hybridized carbons (Fsp3) is 0.714. The highest BCUT2D eigenvalue weighted by Gasteiger charge is 2.19. The summed E-state index contributed by atoms with van der Waals surface area (Å²) in [6.07, 6.45) is 4.66. The fourth-order valence-corrected chi connectivity index (χ4v) is 1.90. The number of carbonyl (C=O) groups excluding carboxylic acids is 1. The van der Waals surface area contributed by atoms with Crippen molar-refractivity contribution < 1.29 is 4.79 Å². The number of imidazole rings is 1. The van der Waals surface area contributed by atoms with Gasteiger partial charge < -0.3 is 15.6 Å². The molecule has 0 saturated heterocycles. The maximum Gasteiger partial charge on any atom is 0.237 e. The molecule has 1 aromatic heterocycles. The molecule has 0 aliphatic carbocycles. The second kappa shape index (κ2) is 7.28. The third kappa shape index (κ3) is 4.67. The molecule has 108 valence electrons. The van der Waals surface area contributed by atoms with Crippen LogP contribution in [0.15, 0.2) is 12.4 Å². The second-order valence-electron chi connectivity index (χ2n) is 5.39.